The fourth-order valence-electron chi connectivity index (χ4n) is 1.86. The van der Waals surface area contributed by atoms with Gasteiger partial charge in [-0.1, -0.05) is 22.0 Å². The van der Waals surface area contributed by atoms with Crippen LogP contribution < -0.4 is 20.9 Å². The number of benzene rings is 2. The lowest BCUT2D eigenvalue weighted by Crippen LogP contribution is -2.43. The van der Waals surface area contributed by atoms with Crippen LogP contribution in [-0.4, -0.2) is 24.3 Å². The van der Waals surface area contributed by atoms with E-state index in [1.54, 1.807) is 42.5 Å². The van der Waals surface area contributed by atoms with Crippen LogP contribution in [0.5, 0.6) is 5.75 Å². The molecule has 0 fully saturated rings. The van der Waals surface area contributed by atoms with Gasteiger partial charge in [-0.2, -0.15) is 0 Å². The Morgan fingerprint density at radius 3 is 2.44 bits per heavy atom. The molecule has 7 nitrogen and oxygen atoms in total. The van der Waals surface area contributed by atoms with Crippen molar-refractivity contribution in [2.45, 2.75) is 6.92 Å². The summed E-state index contributed by atoms with van der Waals surface area (Å²) in [5.74, 6) is -0.720. The number of amides is 3. The number of nitrogens with one attached hydrogen (secondary N) is 3. The lowest BCUT2D eigenvalue weighted by Gasteiger charge is -2.10. The molecule has 3 N–H and O–H groups in total. The largest absolute Gasteiger partial charge is 0.484 e. The molecule has 0 heterocycles. The first-order chi connectivity index (χ1) is 11.9. The minimum atomic E-state index is -0.510. The summed E-state index contributed by atoms with van der Waals surface area (Å²) in [6, 6.07) is 13.3. The lowest BCUT2D eigenvalue weighted by atomic mass is 10.2. The van der Waals surface area contributed by atoms with Crippen LogP contribution in [0.1, 0.15) is 17.3 Å². The summed E-state index contributed by atoms with van der Waals surface area (Å²) in [4.78, 5) is 34.8. The molecule has 0 aliphatic rings. The molecule has 0 aliphatic carbocycles. The number of hydrogen-bond acceptors (Lipinski definition) is 4. The molecule has 0 spiro atoms. The van der Waals surface area contributed by atoms with Gasteiger partial charge in [0.25, 0.3) is 11.8 Å². The van der Waals surface area contributed by atoms with Crippen molar-refractivity contribution in [1.29, 1.82) is 0 Å². The number of ether oxygens (including phenoxy) is 1. The molecule has 2 aromatic carbocycles. The number of carbonyl (C=O) groups excluding carboxylic acids is 3. The van der Waals surface area contributed by atoms with Gasteiger partial charge in [0.15, 0.2) is 6.61 Å². The Morgan fingerprint density at radius 1 is 1.04 bits per heavy atom. The molecule has 130 valence electrons. The number of hydrogen-bond donors (Lipinski definition) is 3. The molecular formula is C17H16BrN3O4. The zero-order valence-electron chi connectivity index (χ0n) is 13.3. The van der Waals surface area contributed by atoms with Crippen LogP contribution in [0.3, 0.4) is 0 Å². The second-order valence-corrected chi connectivity index (χ2v) is 5.92. The van der Waals surface area contributed by atoms with Gasteiger partial charge in [0.1, 0.15) is 5.75 Å². The third-order valence-electron chi connectivity index (χ3n) is 2.94. The van der Waals surface area contributed by atoms with Gasteiger partial charge in [-0.25, -0.2) is 0 Å². The second-order valence-electron chi connectivity index (χ2n) is 5.01. The molecule has 0 unspecified atom stereocenters. The van der Waals surface area contributed by atoms with Crippen LogP contribution in [0, 0.1) is 0 Å². The number of halogens is 1. The van der Waals surface area contributed by atoms with Crippen LogP contribution in [-0.2, 0) is 9.59 Å². The third-order valence-corrected chi connectivity index (χ3v) is 3.47. The maximum absolute atomic E-state index is 12.0. The van der Waals surface area contributed by atoms with Crippen molar-refractivity contribution in [2.24, 2.45) is 0 Å². The summed E-state index contributed by atoms with van der Waals surface area (Å²) in [5.41, 5.74) is 5.33. The van der Waals surface area contributed by atoms with E-state index < -0.39 is 11.8 Å². The maximum Gasteiger partial charge on any atom is 0.276 e. The van der Waals surface area contributed by atoms with E-state index in [0.717, 1.165) is 4.47 Å². The normalized spacial score (nSPS) is 9.84. The molecular weight excluding hydrogens is 390 g/mol. The molecule has 8 heteroatoms. The Morgan fingerprint density at radius 2 is 1.76 bits per heavy atom. The number of carbonyl (C=O) groups is 3. The molecule has 2 rings (SSSR count). The van der Waals surface area contributed by atoms with Crippen LogP contribution in [0.25, 0.3) is 0 Å². The van der Waals surface area contributed by atoms with Gasteiger partial charge in [0.05, 0.1) is 0 Å². The standard InChI is InChI=1S/C17H16BrN3O4/c1-11(22)19-14-4-2-3-12(9-14)17(24)21-20-16(23)10-25-15-7-5-13(18)6-8-15/h2-9H,10H2,1H3,(H,19,22)(H,20,23)(H,21,24). The highest BCUT2D eigenvalue weighted by atomic mass is 79.9. The minimum absolute atomic E-state index is 0.240. The Bertz CT molecular complexity index is 778. The van der Waals surface area contributed by atoms with Gasteiger partial charge in [0, 0.05) is 22.6 Å². The Kier molecular flexibility index (Phi) is 6.53. The molecule has 0 aliphatic heterocycles. The van der Waals surface area contributed by atoms with Gasteiger partial charge in [-0.15, -0.1) is 0 Å². The topological polar surface area (TPSA) is 96.5 Å². The molecule has 0 saturated carbocycles. The lowest BCUT2D eigenvalue weighted by molar-refractivity contribution is -0.123. The van der Waals surface area contributed by atoms with E-state index in [0.29, 0.717) is 17.0 Å². The van der Waals surface area contributed by atoms with E-state index in [1.165, 1.54) is 13.0 Å². The first kappa shape index (κ1) is 18.5. The van der Waals surface area contributed by atoms with Crippen molar-refractivity contribution >= 4 is 39.3 Å². The summed E-state index contributed by atoms with van der Waals surface area (Å²) < 4.78 is 6.19. The van der Waals surface area contributed by atoms with Gasteiger partial charge in [-0.3, -0.25) is 25.2 Å². The zero-order chi connectivity index (χ0) is 18.2. The summed E-state index contributed by atoms with van der Waals surface area (Å²) in [6.45, 7) is 1.13. The smallest absolute Gasteiger partial charge is 0.276 e. The predicted molar refractivity (Wildman–Crippen MR) is 96.0 cm³/mol. The minimum Gasteiger partial charge on any atom is -0.484 e. The van der Waals surface area contributed by atoms with E-state index >= 15 is 0 Å². The van der Waals surface area contributed by atoms with Gasteiger partial charge >= 0.3 is 0 Å². The van der Waals surface area contributed by atoms with E-state index in [1.807, 2.05) is 0 Å². The molecule has 0 aromatic heterocycles. The van der Waals surface area contributed by atoms with Gasteiger partial charge < -0.3 is 10.1 Å². The van der Waals surface area contributed by atoms with Crippen molar-refractivity contribution in [2.75, 3.05) is 11.9 Å². The zero-order valence-corrected chi connectivity index (χ0v) is 14.9. The SMILES string of the molecule is CC(=O)Nc1cccc(C(=O)NNC(=O)COc2ccc(Br)cc2)c1. The van der Waals surface area contributed by atoms with Crippen LogP contribution in [0.2, 0.25) is 0 Å². The van der Waals surface area contributed by atoms with E-state index in [4.69, 9.17) is 4.74 Å². The van der Waals surface area contributed by atoms with Crippen molar-refractivity contribution in [1.82, 2.24) is 10.9 Å². The molecule has 3 amide bonds. The average Bonchev–Trinajstić information content (AvgIpc) is 2.59. The molecule has 0 bridgehead atoms. The Labute approximate surface area is 152 Å². The summed E-state index contributed by atoms with van der Waals surface area (Å²) in [7, 11) is 0. The summed E-state index contributed by atoms with van der Waals surface area (Å²) >= 11 is 3.30. The van der Waals surface area contributed by atoms with E-state index in [9.17, 15) is 14.4 Å². The highest BCUT2D eigenvalue weighted by Crippen LogP contribution is 2.15. The van der Waals surface area contributed by atoms with Crippen LogP contribution in [0.15, 0.2) is 53.0 Å². The molecule has 2 aromatic rings. The summed E-state index contributed by atoms with van der Waals surface area (Å²) in [6.07, 6.45) is 0. The fraction of sp³-hybridized carbons (Fsp3) is 0.118. The molecule has 25 heavy (non-hydrogen) atoms. The van der Waals surface area contributed by atoms with E-state index in [2.05, 4.69) is 32.1 Å². The average molecular weight is 406 g/mol. The predicted octanol–water partition coefficient (Wildman–Crippen LogP) is 2.25. The van der Waals surface area contributed by atoms with Crippen molar-refractivity contribution in [3.8, 4) is 5.75 Å². The van der Waals surface area contributed by atoms with Gasteiger partial charge in [0.2, 0.25) is 5.91 Å². The van der Waals surface area contributed by atoms with Crippen molar-refractivity contribution < 1.29 is 19.1 Å². The first-order valence-corrected chi connectivity index (χ1v) is 8.08. The Hall–Kier alpha value is -2.87. The monoisotopic (exact) mass is 405 g/mol. The quantitative estimate of drug-likeness (QED) is 0.664. The second kappa shape index (κ2) is 8.84. The highest BCUT2D eigenvalue weighted by Gasteiger charge is 2.09. The van der Waals surface area contributed by atoms with E-state index in [-0.39, 0.29) is 12.5 Å². The molecule has 0 radical (unpaired) electrons. The van der Waals surface area contributed by atoms with Gasteiger partial charge in [-0.05, 0) is 42.5 Å². The number of hydrazine groups is 1. The Balaban J connectivity index is 1.81. The maximum atomic E-state index is 12.0. The third kappa shape index (κ3) is 6.27. The van der Waals surface area contributed by atoms with Crippen LogP contribution in [0.4, 0.5) is 5.69 Å². The fourth-order valence-corrected chi connectivity index (χ4v) is 2.12. The first-order valence-electron chi connectivity index (χ1n) is 7.29. The number of anilines is 1. The summed E-state index contributed by atoms with van der Waals surface area (Å²) in [5, 5.41) is 2.58. The van der Waals surface area contributed by atoms with Crippen molar-refractivity contribution in [3.05, 3.63) is 58.6 Å². The van der Waals surface area contributed by atoms with Crippen molar-refractivity contribution in [3.63, 3.8) is 0 Å². The molecule has 0 atom stereocenters. The highest BCUT2D eigenvalue weighted by molar-refractivity contribution is 9.10. The number of rotatable bonds is 5. The van der Waals surface area contributed by atoms with Crippen LogP contribution >= 0.6 is 15.9 Å². The molecule has 0 saturated heterocycles.